The van der Waals surface area contributed by atoms with Crippen molar-refractivity contribution in [1.29, 1.82) is 0 Å². The Morgan fingerprint density at radius 3 is 2.38 bits per heavy atom. The second-order valence-electron chi connectivity index (χ2n) is 6.02. The predicted octanol–water partition coefficient (Wildman–Crippen LogP) is 1.84. The molecule has 1 aliphatic heterocycles. The van der Waals surface area contributed by atoms with Crippen LogP contribution in [0.3, 0.4) is 0 Å². The first-order valence-electron chi connectivity index (χ1n) is 7.48. The average Bonchev–Trinajstić information content (AvgIpc) is 2.92. The van der Waals surface area contributed by atoms with E-state index in [1.54, 1.807) is 7.05 Å². The molecule has 1 amide bonds. The number of halogens is 3. The predicted molar refractivity (Wildman–Crippen MR) is 80.0 cm³/mol. The molecule has 1 aromatic carbocycles. The third-order valence-electron chi connectivity index (χ3n) is 4.18. The van der Waals surface area contributed by atoms with E-state index in [0.29, 0.717) is 6.54 Å². The van der Waals surface area contributed by atoms with Crippen LogP contribution in [0.25, 0.3) is 0 Å². The zero-order valence-corrected chi connectivity index (χ0v) is 13.2. The molecule has 2 rings (SSSR count). The minimum Gasteiger partial charge on any atom is -0.481 e. The van der Waals surface area contributed by atoms with Gasteiger partial charge in [-0.3, -0.25) is 14.5 Å². The first-order chi connectivity index (χ1) is 11.2. The molecule has 5 nitrogen and oxygen atoms in total. The maximum Gasteiger partial charge on any atom is 0.393 e. The Morgan fingerprint density at radius 2 is 1.88 bits per heavy atom. The number of hydrogen-bond donors (Lipinski definition) is 1. The van der Waals surface area contributed by atoms with E-state index in [1.807, 2.05) is 30.3 Å². The molecule has 8 heteroatoms. The van der Waals surface area contributed by atoms with E-state index in [9.17, 15) is 22.8 Å². The van der Waals surface area contributed by atoms with E-state index in [-0.39, 0.29) is 19.0 Å². The summed E-state index contributed by atoms with van der Waals surface area (Å²) in [6.45, 7) is -0.617. The van der Waals surface area contributed by atoms with Crippen molar-refractivity contribution in [3.05, 3.63) is 35.9 Å². The number of alkyl halides is 3. The molecule has 24 heavy (non-hydrogen) atoms. The summed E-state index contributed by atoms with van der Waals surface area (Å²) in [5.74, 6) is -5.30. The molecule has 1 saturated heterocycles. The molecule has 1 fully saturated rings. The summed E-state index contributed by atoms with van der Waals surface area (Å²) >= 11 is 0. The van der Waals surface area contributed by atoms with Crippen LogP contribution >= 0.6 is 0 Å². The molecule has 0 radical (unpaired) electrons. The van der Waals surface area contributed by atoms with Gasteiger partial charge in [0.1, 0.15) is 0 Å². The largest absolute Gasteiger partial charge is 0.481 e. The lowest BCUT2D eigenvalue weighted by atomic mass is 9.96. The third kappa shape index (κ3) is 4.47. The van der Waals surface area contributed by atoms with Crippen molar-refractivity contribution in [2.24, 2.45) is 11.8 Å². The Hall–Kier alpha value is -2.09. The minimum absolute atomic E-state index is 0.223. The molecule has 0 bridgehead atoms. The Labute approximate surface area is 137 Å². The normalized spacial score (nSPS) is 21.7. The summed E-state index contributed by atoms with van der Waals surface area (Å²) in [5.41, 5.74) is 0.909. The van der Waals surface area contributed by atoms with Crippen molar-refractivity contribution >= 4 is 11.9 Å². The van der Waals surface area contributed by atoms with Crippen LogP contribution in [0.4, 0.5) is 13.2 Å². The van der Waals surface area contributed by atoms with Gasteiger partial charge in [0.2, 0.25) is 5.91 Å². The smallest absolute Gasteiger partial charge is 0.393 e. The van der Waals surface area contributed by atoms with Gasteiger partial charge in [-0.2, -0.15) is 13.2 Å². The van der Waals surface area contributed by atoms with Gasteiger partial charge in [0.25, 0.3) is 0 Å². The van der Waals surface area contributed by atoms with Crippen molar-refractivity contribution in [2.75, 3.05) is 26.7 Å². The van der Waals surface area contributed by atoms with Gasteiger partial charge in [0.15, 0.2) is 0 Å². The van der Waals surface area contributed by atoms with Crippen molar-refractivity contribution in [3.8, 4) is 0 Å². The Bertz CT molecular complexity index is 592. The highest BCUT2D eigenvalue weighted by molar-refractivity contribution is 5.78. The number of carbonyl (C=O) groups excluding carboxylic acids is 1. The van der Waals surface area contributed by atoms with Crippen molar-refractivity contribution < 1.29 is 27.9 Å². The number of aliphatic carboxylic acids is 1. The fourth-order valence-corrected chi connectivity index (χ4v) is 2.85. The van der Waals surface area contributed by atoms with E-state index in [0.717, 1.165) is 5.56 Å². The second kappa shape index (κ2) is 7.21. The van der Waals surface area contributed by atoms with Gasteiger partial charge >= 0.3 is 12.1 Å². The number of likely N-dealkylation sites (tertiary alicyclic amines) is 1. The molecule has 1 aliphatic rings. The molecule has 0 aliphatic carbocycles. The molecule has 0 saturated carbocycles. The standard InChI is InChI=1S/C16H19F3N2O3/c1-20(7-11-5-3-2-4-6-11)14(22)10-21-8-12(15(23)24)13(9-21)16(17,18)19/h2-6,12-13H,7-10H2,1H3,(H,23,24)/t12-,13-/m1/s1. The van der Waals surface area contributed by atoms with Crippen molar-refractivity contribution in [3.63, 3.8) is 0 Å². The highest BCUT2D eigenvalue weighted by Crippen LogP contribution is 2.37. The fourth-order valence-electron chi connectivity index (χ4n) is 2.85. The second-order valence-corrected chi connectivity index (χ2v) is 6.02. The highest BCUT2D eigenvalue weighted by atomic mass is 19.4. The number of benzene rings is 1. The number of carbonyl (C=O) groups is 2. The number of hydrogen-bond acceptors (Lipinski definition) is 3. The van der Waals surface area contributed by atoms with Gasteiger partial charge in [-0.15, -0.1) is 0 Å². The van der Waals surface area contributed by atoms with Crippen LogP contribution in [0.1, 0.15) is 5.56 Å². The monoisotopic (exact) mass is 344 g/mol. The Morgan fingerprint density at radius 1 is 1.25 bits per heavy atom. The van der Waals surface area contributed by atoms with Crippen LogP contribution in [0, 0.1) is 11.8 Å². The topological polar surface area (TPSA) is 60.9 Å². The molecule has 1 N–H and O–H groups in total. The van der Waals surface area contributed by atoms with Crippen LogP contribution in [-0.4, -0.2) is 59.6 Å². The van der Waals surface area contributed by atoms with Crippen LogP contribution in [0.5, 0.6) is 0 Å². The first kappa shape index (κ1) is 18.3. The van der Waals surface area contributed by atoms with Gasteiger partial charge in [0.05, 0.1) is 18.4 Å². The van der Waals surface area contributed by atoms with Crippen LogP contribution in [0.15, 0.2) is 30.3 Å². The SMILES string of the molecule is CN(Cc1ccccc1)C(=O)CN1C[C@@H](C(F)(F)F)[C@H](C(=O)O)C1. The van der Waals surface area contributed by atoms with E-state index in [4.69, 9.17) is 5.11 Å². The number of rotatable bonds is 5. The lowest BCUT2D eigenvalue weighted by molar-refractivity contribution is -0.188. The van der Waals surface area contributed by atoms with Gasteiger partial charge in [-0.1, -0.05) is 30.3 Å². The molecule has 0 aromatic heterocycles. The van der Waals surface area contributed by atoms with E-state index >= 15 is 0 Å². The maximum absolute atomic E-state index is 12.9. The van der Waals surface area contributed by atoms with Crippen LogP contribution in [-0.2, 0) is 16.1 Å². The Kier molecular flexibility index (Phi) is 5.48. The first-order valence-corrected chi connectivity index (χ1v) is 7.48. The van der Waals surface area contributed by atoms with Gasteiger partial charge in [0, 0.05) is 26.7 Å². The lowest BCUT2D eigenvalue weighted by Crippen LogP contribution is -2.38. The van der Waals surface area contributed by atoms with E-state index < -0.39 is 30.5 Å². The van der Waals surface area contributed by atoms with Gasteiger partial charge in [-0.05, 0) is 5.56 Å². The number of carboxylic acid groups (broad SMARTS) is 1. The molecule has 0 spiro atoms. The number of carboxylic acids is 1. The number of amides is 1. The lowest BCUT2D eigenvalue weighted by Gasteiger charge is -2.22. The van der Waals surface area contributed by atoms with Gasteiger partial charge < -0.3 is 10.0 Å². The fraction of sp³-hybridized carbons (Fsp3) is 0.500. The molecule has 1 aromatic rings. The van der Waals surface area contributed by atoms with E-state index in [2.05, 4.69) is 0 Å². The average molecular weight is 344 g/mol. The zero-order chi connectivity index (χ0) is 17.9. The quantitative estimate of drug-likeness (QED) is 0.885. The summed E-state index contributed by atoms with van der Waals surface area (Å²) in [6.07, 6.45) is -4.59. The number of nitrogens with zero attached hydrogens (tertiary/aromatic N) is 2. The molecule has 0 unspecified atom stereocenters. The van der Waals surface area contributed by atoms with Crippen LogP contribution < -0.4 is 0 Å². The molecule has 132 valence electrons. The van der Waals surface area contributed by atoms with Gasteiger partial charge in [-0.25, -0.2) is 0 Å². The summed E-state index contributed by atoms with van der Waals surface area (Å²) in [7, 11) is 1.57. The summed E-state index contributed by atoms with van der Waals surface area (Å²) in [5, 5.41) is 8.98. The third-order valence-corrected chi connectivity index (χ3v) is 4.18. The summed E-state index contributed by atoms with van der Waals surface area (Å²) < 4.78 is 38.8. The van der Waals surface area contributed by atoms with Crippen LogP contribution in [0.2, 0.25) is 0 Å². The minimum atomic E-state index is -4.59. The summed E-state index contributed by atoms with van der Waals surface area (Å²) in [6, 6.07) is 9.21. The molecule has 2 atom stereocenters. The highest BCUT2D eigenvalue weighted by Gasteiger charge is 2.52. The number of likely N-dealkylation sites (N-methyl/N-ethyl adjacent to an activating group) is 1. The maximum atomic E-state index is 12.9. The zero-order valence-electron chi connectivity index (χ0n) is 13.2. The molecule has 1 heterocycles. The summed E-state index contributed by atoms with van der Waals surface area (Å²) in [4.78, 5) is 25.9. The molecular formula is C16H19F3N2O3. The Balaban J connectivity index is 1.95. The van der Waals surface area contributed by atoms with Crippen molar-refractivity contribution in [1.82, 2.24) is 9.80 Å². The van der Waals surface area contributed by atoms with E-state index in [1.165, 1.54) is 9.80 Å². The van der Waals surface area contributed by atoms with Crippen molar-refractivity contribution in [2.45, 2.75) is 12.7 Å². The molecular weight excluding hydrogens is 325 g/mol.